The maximum absolute atomic E-state index is 13.2. The molecule has 1 heterocycles. The fourth-order valence-electron chi connectivity index (χ4n) is 3.70. The fraction of sp³-hybridized carbons (Fsp3) is 0.320. The van der Waals surface area contributed by atoms with Gasteiger partial charge in [0.05, 0.1) is 42.7 Å². The van der Waals surface area contributed by atoms with Crippen molar-refractivity contribution in [3.05, 3.63) is 46.5 Å². The van der Waals surface area contributed by atoms with Gasteiger partial charge in [-0.3, -0.25) is 4.79 Å². The number of carbonyl (C=O) groups is 1. The Morgan fingerprint density at radius 3 is 1.21 bits per heavy atom. The average molecular weight is 456 g/mol. The first-order valence-electron chi connectivity index (χ1n) is 10.3. The van der Waals surface area contributed by atoms with Crippen LogP contribution in [0.2, 0.25) is 0 Å². The van der Waals surface area contributed by atoms with E-state index in [4.69, 9.17) is 28.4 Å². The van der Waals surface area contributed by atoms with Gasteiger partial charge in [-0.25, -0.2) is 0 Å². The standard InChI is InChI=1S/C25H29NO7/c1-28-19-9-15(10-20(29-2)24(19)32-5)7-17-13-26-14-18(23(17)27)8-16-11-21(30-3)25(33-6)22(12-16)31-4/h7-12,26H,13-14H2,1-6H3/b17-7+,18-8+. The Kier molecular flexibility index (Phi) is 7.84. The molecule has 0 spiro atoms. The summed E-state index contributed by atoms with van der Waals surface area (Å²) < 4.78 is 32.4. The molecule has 8 nitrogen and oxygen atoms in total. The molecule has 0 aliphatic carbocycles. The number of methoxy groups -OCH3 is 6. The van der Waals surface area contributed by atoms with Crippen LogP contribution in [0.5, 0.6) is 34.5 Å². The number of hydrogen-bond acceptors (Lipinski definition) is 8. The minimum absolute atomic E-state index is 0.0451. The van der Waals surface area contributed by atoms with E-state index in [2.05, 4.69) is 5.32 Å². The van der Waals surface area contributed by atoms with Crippen LogP contribution < -0.4 is 33.7 Å². The van der Waals surface area contributed by atoms with Gasteiger partial charge in [0.2, 0.25) is 11.5 Å². The lowest BCUT2D eigenvalue weighted by Gasteiger charge is -2.19. The topological polar surface area (TPSA) is 84.5 Å². The van der Waals surface area contributed by atoms with Crippen molar-refractivity contribution < 1.29 is 33.2 Å². The third kappa shape index (κ3) is 5.06. The number of ether oxygens (including phenoxy) is 6. The first-order chi connectivity index (χ1) is 16.0. The van der Waals surface area contributed by atoms with Gasteiger partial charge in [0.15, 0.2) is 28.8 Å². The molecule has 2 aromatic rings. The van der Waals surface area contributed by atoms with Crippen molar-refractivity contribution in [1.29, 1.82) is 0 Å². The van der Waals surface area contributed by atoms with Crippen LogP contribution in [0.15, 0.2) is 35.4 Å². The first kappa shape index (κ1) is 24.0. The predicted octanol–water partition coefficient (Wildman–Crippen LogP) is 3.38. The number of nitrogens with one attached hydrogen (secondary N) is 1. The SMILES string of the molecule is COc1cc(/C=C2\CNC/C(=C\c3cc(OC)c(OC)c(OC)c3)C2=O)cc(OC)c1OC. The smallest absolute Gasteiger partial charge is 0.203 e. The largest absolute Gasteiger partial charge is 0.493 e. The summed E-state index contributed by atoms with van der Waals surface area (Å²) in [6.07, 6.45) is 3.64. The van der Waals surface area contributed by atoms with E-state index >= 15 is 0 Å². The van der Waals surface area contributed by atoms with E-state index in [1.54, 1.807) is 66.9 Å². The molecule has 3 rings (SSSR count). The van der Waals surface area contributed by atoms with Crippen LogP contribution in [0.1, 0.15) is 11.1 Å². The van der Waals surface area contributed by atoms with Crippen molar-refractivity contribution in [3.63, 3.8) is 0 Å². The van der Waals surface area contributed by atoms with Crippen molar-refractivity contribution in [3.8, 4) is 34.5 Å². The van der Waals surface area contributed by atoms with Gasteiger partial charge in [-0.1, -0.05) is 0 Å². The van der Waals surface area contributed by atoms with Gasteiger partial charge in [-0.05, 0) is 47.5 Å². The van der Waals surface area contributed by atoms with Gasteiger partial charge < -0.3 is 33.7 Å². The Hall–Kier alpha value is -3.65. The molecule has 0 atom stereocenters. The van der Waals surface area contributed by atoms with Gasteiger partial charge >= 0.3 is 0 Å². The Morgan fingerprint density at radius 2 is 0.939 bits per heavy atom. The number of rotatable bonds is 8. The minimum atomic E-state index is -0.0451. The highest BCUT2D eigenvalue weighted by atomic mass is 16.5. The molecule has 33 heavy (non-hydrogen) atoms. The van der Waals surface area contributed by atoms with Gasteiger partial charge in [0, 0.05) is 24.2 Å². The van der Waals surface area contributed by atoms with Crippen molar-refractivity contribution in [2.75, 3.05) is 55.7 Å². The molecule has 0 bridgehead atoms. The van der Waals surface area contributed by atoms with Crippen LogP contribution >= 0.6 is 0 Å². The number of ketones is 1. The monoisotopic (exact) mass is 455 g/mol. The molecule has 0 saturated carbocycles. The molecule has 0 unspecified atom stereocenters. The van der Waals surface area contributed by atoms with E-state index in [1.165, 1.54) is 0 Å². The first-order valence-corrected chi connectivity index (χ1v) is 10.3. The summed E-state index contributed by atoms with van der Waals surface area (Å²) in [7, 11) is 9.32. The van der Waals surface area contributed by atoms with Gasteiger partial charge in [-0.2, -0.15) is 0 Å². The minimum Gasteiger partial charge on any atom is -0.493 e. The van der Waals surface area contributed by atoms with Crippen LogP contribution in [0.3, 0.4) is 0 Å². The summed E-state index contributed by atoms with van der Waals surface area (Å²) >= 11 is 0. The zero-order valence-electron chi connectivity index (χ0n) is 19.7. The van der Waals surface area contributed by atoms with E-state index < -0.39 is 0 Å². The highest BCUT2D eigenvalue weighted by Crippen LogP contribution is 2.40. The Morgan fingerprint density at radius 1 is 0.606 bits per heavy atom. The molecule has 2 aromatic carbocycles. The van der Waals surface area contributed by atoms with Gasteiger partial charge in [0.25, 0.3) is 0 Å². The molecule has 1 fully saturated rings. The summed E-state index contributed by atoms with van der Waals surface area (Å²) in [4.78, 5) is 13.2. The quantitative estimate of drug-likeness (QED) is 0.607. The second-order valence-corrected chi connectivity index (χ2v) is 7.19. The lowest BCUT2D eigenvalue weighted by atomic mass is 9.95. The number of Topliss-reactive ketones (excluding diaryl/α,β-unsaturated/α-hetero) is 1. The highest BCUT2D eigenvalue weighted by molar-refractivity contribution is 6.14. The van der Waals surface area contributed by atoms with E-state index in [-0.39, 0.29) is 5.78 Å². The second kappa shape index (κ2) is 10.8. The van der Waals surface area contributed by atoms with Crippen molar-refractivity contribution in [1.82, 2.24) is 5.32 Å². The van der Waals surface area contributed by atoms with Crippen molar-refractivity contribution >= 4 is 17.9 Å². The van der Waals surface area contributed by atoms with E-state index in [9.17, 15) is 4.79 Å². The lowest BCUT2D eigenvalue weighted by molar-refractivity contribution is -0.112. The number of piperidine rings is 1. The average Bonchev–Trinajstić information content (AvgIpc) is 2.84. The summed E-state index contributed by atoms with van der Waals surface area (Å²) in [5.74, 6) is 3.04. The summed E-state index contributed by atoms with van der Waals surface area (Å²) in [5.41, 5.74) is 2.77. The summed E-state index contributed by atoms with van der Waals surface area (Å²) in [6, 6.07) is 7.22. The highest BCUT2D eigenvalue weighted by Gasteiger charge is 2.22. The van der Waals surface area contributed by atoms with Crippen LogP contribution in [0.25, 0.3) is 12.2 Å². The molecule has 1 saturated heterocycles. The molecular weight excluding hydrogens is 426 g/mol. The third-order valence-corrected chi connectivity index (χ3v) is 5.27. The molecule has 1 aliphatic heterocycles. The predicted molar refractivity (Wildman–Crippen MR) is 126 cm³/mol. The zero-order valence-corrected chi connectivity index (χ0v) is 19.7. The molecular formula is C25H29NO7. The van der Waals surface area contributed by atoms with Crippen molar-refractivity contribution in [2.24, 2.45) is 0 Å². The Labute approximate surface area is 193 Å². The molecule has 0 aromatic heterocycles. The third-order valence-electron chi connectivity index (χ3n) is 5.27. The van der Waals surface area contributed by atoms with E-state index in [0.717, 1.165) is 11.1 Å². The zero-order chi connectivity index (χ0) is 24.0. The number of benzene rings is 2. The number of hydrogen-bond donors (Lipinski definition) is 1. The number of carbonyl (C=O) groups excluding carboxylic acids is 1. The molecule has 0 radical (unpaired) electrons. The fourth-order valence-corrected chi connectivity index (χ4v) is 3.70. The van der Waals surface area contributed by atoms with Gasteiger partial charge in [-0.15, -0.1) is 0 Å². The summed E-state index contributed by atoms with van der Waals surface area (Å²) in [6.45, 7) is 0.893. The normalized spacial score (nSPS) is 16.0. The molecule has 1 N–H and O–H groups in total. The van der Waals surface area contributed by atoms with Crippen molar-refractivity contribution in [2.45, 2.75) is 0 Å². The Bertz CT molecular complexity index is 955. The Balaban J connectivity index is 1.98. The lowest BCUT2D eigenvalue weighted by Crippen LogP contribution is -2.32. The molecule has 0 amide bonds. The van der Waals surface area contributed by atoms with Crippen LogP contribution in [-0.2, 0) is 4.79 Å². The van der Waals surface area contributed by atoms with E-state index in [0.29, 0.717) is 58.7 Å². The van der Waals surface area contributed by atoms with E-state index in [1.807, 2.05) is 12.2 Å². The second-order valence-electron chi connectivity index (χ2n) is 7.19. The van der Waals surface area contributed by atoms with Crippen LogP contribution in [0.4, 0.5) is 0 Å². The van der Waals surface area contributed by atoms with Gasteiger partial charge in [0.1, 0.15) is 0 Å². The van der Waals surface area contributed by atoms with Crippen LogP contribution in [-0.4, -0.2) is 61.5 Å². The van der Waals surface area contributed by atoms with Crippen LogP contribution in [0, 0.1) is 0 Å². The maximum atomic E-state index is 13.2. The summed E-state index contributed by atoms with van der Waals surface area (Å²) in [5, 5.41) is 3.28. The maximum Gasteiger partial charge on any atom is 0.203 e. The molecule has 8 heteroatoms. The molecule has 176 valence electrons. The molecule has 1 aliphatic rings.